The first-order valence-corrected chi connectivity index (χ1v) is 8.79. The molecule has 0 atom stereocenters. The highest BCUT2D eigenvalue weighted by Gasteiger charge is 2.13. The normalized spacial score (nSPS) is 14.0. The van der Waals surface area contributed by atoms with Gasteiger partial charge in [-0.15, -0.1) is 0 Å². The summed E-state index contributed by atoms with van der Waals surface area (Å²) in [5.41, 5.74) is 0. The van der Waals surface area contributed by atoms with Crippen molar-refractivity contribution in [3.8, 4) is 0 Å². The third kappa shape index (κ3) is 3.93. The van der Waals surface area contributed by atoms with E-state index in [1.54, 1.807) is 21.1 Å². The van der Waals surface area contributed by atoms with Crippen molar-refractivity contribution in [1.29, 1.82) is 0 Å². The highest BCUT2D eigenvalue weighted by atomic mass is 31.1. The summed E-state index contributed by atoms with van der Waals surface area (Å²) in [5, 5.41) is 6.45. The average Bonchev–Trinajstić information content (AvgIpc) is 2.79. The Balaban J connectivity index is 2.15. The Bertz CT molecular complexity index is 466. The summed E-state index contributed by atoms with van der Waals surface area (Å²) in [7, 11) is 1.53. The highest BCUT2D eigenvalue weighted by Crippen LogP contribution is 2.41. The fraction of sp³-hybridized carbons (Fsp3) is 0.556. The molecular formula is C18H26P. The Morgan fingerprint density at radius 2 is 1.21 bits per heavy atom. The van der Waals surface area contributed by atoms with Crippen LogP contribution in [-0.4, -0.2) is 0 Å². The maximum Gasteiger partial charge on any atom is -0.0137 e. The molecule has 1 aliphatic heterocycles. The Hall–Kier alpha value is -0.610. The van der Waals surface area contributed by atoms with E-state index in [-0.39, 0.29) is 0 Å². The Kier molecular flexibility index (Phi) is 6.11. The zero-order chi connectivity index (χ0) is 13.5. The van der Waals surface area contributed by atoms with Crippen LogP contribution in [0.15, 0.2) is 24.3 Å². The summed E-state index contributed by atoms with van der Waals surface area (Å²) in [5.74, 6) is 0. The van der Waals surface area contributed by atoms with Crippen molar-refractivity contribution >= 4 is 19.2 Å². The highest BCUT2D eigenvalue weighted by molar-refractivity contribution is 7.60. The van der Waals surface area contributed by atoms with Gasteiger partial charge in [0.1, 0.15) is 0 Å². The van der Waals surface area contributed by atoms with Crippen LogP contribution in [0.5, 0.6) is 0 Å². The first-order valence-electron chi connectivity index (χ1n) is 7.90. The predicted molar refractivity (Wildman–Crippen MR) is 87.7 cm³/mol. The largest absolute Gasteiger partial charge is 0.0654 e. The molecule has 1 radical (unpaired) electrons. The lowest BCUT2D eigenvalue weighted by molar-refractivity contribution is 0.738. The van der Waals surface area contributed by atoms with E-state index in [1.165, 1.54) is 59.9 Å². The summed E-state index contributed by atoms with van der Waals surface area (Å²) >= 11 is 0. The summed E-state index contributed by atoms with van der Waals surface area (Å²) in [6.07, 6.45) is 10.7. The molecule has 1 aromatic rings. The van der Waals surface area contributed by atoms with Crippen molar-refractivity contribution in [3.05, 3.63) is 34.7 Å². The van der Waals surface area contributed by atoms with E-state index >= 15 is 0 Å². The van der Waals surface area contributed by atoms with Crippen molar-refractivity contribution in [2.24, 2.45) is 0 Å². The Morgan fingerprint density at radius 3 is 1.63 bits per heavy atom. The summed E-state index contributed by atoms with van der Waals surface area (Å²) in [4.78, 5) is 0. The van der Waals surface area contributed by atoms with Crippen LogP contribution in [-0.2, 0) is 0 Å². The van der Waals surface area contributed by atoms with Crippen molar-refractivity contribution in [2.75, 3.05) is 0 Å². The van der Waals surface area contributed by atoms with Gasteiger partial charge in [-0.1, -0.05) is 63.8 Å². The number of unbranched alkanes of at least 4 members (excludes halogenated alkanes) is 4. The molecule has 1 aliphatic rings. The molecule has 0 N–H and O–H groups in total. The number of benzene rings is 1. The molecule has 0 bridgehead atoms. The van der Waals surface area contributed by atoms with Crippen LogP contribution < -0.4 is 10.4 Å². The van der Waals surface area contributed by atoms with E-state index in [1.807, 2.05) is 0 Å². The van der Waals surface area contributed by atoms with Gasteiger partial charge in [0.2, 0.25) is 0 Å². The second kappa shape index (κ2) is 7.85. The van der Waals surface area contributed by atoms with Crippen LogP contribution in [0.2, 0.25) is 0 Å². The third-order valence-corrected chi connectivity index (χ3v) is 5.32. The van der Waals surface area contributed by atoms with Gasteiger partial charge in [0, 0.05) is 0 Å². The molecule has 1 aromatic carbocycles. The lowest BCUT2D eigenvalue weighted by atomic mass is 10.1. The molecule has 2 rings (SSSR count). The molecule has 0 fully saturated rings. The van der Waals surface area contributed by atoms with E-state index in [2.05, 4.69) is 38.1 Å². The standard InChI is InChI=1S/C18H26P/c1-3-5-7-13-17-15-11-9-10-12-16(15)18(19-17)14-8-6-4-2/h9-12H,3-8,13-14H2,1-2H3. The van der Waals surface area contributed by atoms with Gasteiger partial charge < -0.3 is 0 Å². The minimum absolute atomic E-state index is 1.30. The first-order chi connectivity index (χ1) is 9.36. The number of fused-ring (bicyclic) bond motifs is 1. The van der Waals surface area contributed by atoms with E-state index in [0.29, 0.717) is 0 Å². The lowest BCUT2D eigenvalue weighted by Gasteiger charge is -2.04. The van der Waals surface area contributed by atoms with Gasteiger partial charge in [0.15, 0.2) is 0 Å². The van der Waals surface area contributed by atoms with Crippen LogP contribution in [0.4, 0.5) is 0 Å². The Morgan fingerprint density at radius 1 is 0.737 bits per heavy atom. The fourth-order valence-corrected chi connectivity index (χ4v) is 4.23. The first kappa shape index (κ1) is 14.8. The van der Waals surface area contributed by atoms with Crippen molar-refractivity contribution in [3.63, 3.8) is 0 Å². The molecule has 1 heteroatoms. The second-order valence-corrected chi connectivity index (χ2v) is 6.77. The second-order valence-electron chi connectivity index (χ2n) is 5.46. The molecule has 0 unspecified atom stereocenters. The van der Waals surface area contributed by atoms with Crippen molar-refractivity contribution in [2.45, 2.75) is 65.2 Å². The van der Waals surface area contributed by atoms with E-state index in [9.17, 15) is 0 Å². The van der Waals surface area contributed by atoms with Crippen molar-refractivity contribution in [1.82, 2.24) is 0 Å². The summed E-state index contributed by atoms with van der Waals surface area (Å²) in [6, 6.07) is 9.05. The predicted octanol–water partition coefficient (Wildman–Crippen LogP) is 5.02. The molecule has 103 valence electrons. The molecule has 1 heterocycles. The van der Waals surface area contributed by atoms with Gasteiger partial charge in [-0.3, -0.25) is 0 Å². The molecule has 0 nitrogen and oxygen atoms in total. The summed E-state index contributed by atoms with van der Waals surface area (Å²) in [6.45, 7) is 4.57. The van der Waals surface area contributed by atoms with Gasteiger partial charge in [-0.05, 0) is 55.3 Å². The number of hydrogen-bond donors (Lipinski definition) is 0. The van der Waals surface area contributed by atoms with Crippen LogP contribution >= 0.6 is 8.58 Å². The van der Waals surface area contributed by atoms with E-state index < -0.39 is 0 Å². The summed E-state index contributed by atoms with van der Waals surface area (Å²) < 4.78 is 0. The monoisotopic (exact) mass is 273 g/mol. The molecule has 0 aliphatic carbocycles. The van der Waals surface area contributed by atoms with Gasteiger partial charge in [-0.2, -0.15) is 0 Å². The molecule has 0 amide bonds. The van der Waals surface area contributed by atoms with E-state index in [4.69, 9.17) is 0 Å². The topological polar surface area (TPSA) is 0 Å². The van der Waals surface area contributed by atoms with Crippen molar-refractivity contribution < 1.29 is 0 Å². The SMILES string of the molecule is CCCCCC1=c2ccccc2=C(CCCCC)[P]1. The lowest BCUT2D eigenvalue weighted by Crippen LogP contribution is -2.23. The average molecular weight is 273 g/mol. The quantitative estimate of drug-likeness (QED) is 0.460. The van der Waals surface area contributed by atoms with Gasteiger partial charge in [0.25, 0.3) is 0 Å². The molecule has 0 spiro atoms. The maximum atomic E-state index is 2.33. The minimum Gasteiger partial charge on any atom is -0.0654 e. The van der Waals surface area contributed by atoms with Crippen LogP contribution in [0.25, 0.3) is 10.6 Å². The van der Waals surface area contributed by atoms with Crippen LogP contribution in [0.1, 0.15) is 65.2 Å². The van der Waals surface area contributed by atoms with Crippen LogP contribution in [0.3, 0.4) is 0 Å². The number of rotatable bonds is 8. The minimum atomic E-state index is 1.30. The molecule has 0 saturated heterocycles. The van der Waals surface area contributed by atoms with Gasteiger partial charge in [0.05, 0.1) is 0 Å². The zero-order valence-electron chi connectivity index (χ0n) is 12.4. The van der Waals surface area contributed by atoms with E-state index in [0.717, 1.165) is 0 Å². The Labute approximate surface area is 119 Å². The van der Waals surface area contributed by atoms with Crippen LogP contribution in [0, 0.1) is 0 Å². The fourth-order valence-electron chi connectivity index (χ4n) is 2.74. The zero-order valence-corrected chi connectivity index (χ0v) is 13.3. The number of hydrogen-bond acceptors (Lipinski definition) is 0. The van der Waals surface area contributed by atoms with Gasteiger partial charge in [-0.25, -0.2) is 0 Å². The third-order valence-electron chi connectivity index (χ3n) is 3.85. The van der Waals surface area contributed by atoms with Gasteiger partial charge >= 0.3 is 0 Å². The molecule has 19 heavy (non-hydrogen) atoms. The molecular weight excluding hydrogens is 247 g/mol. The molecule has 0 aromatic heterocycles. The smallest absolute Gasteiger partial charge is 0.0137 e. The molecule has 0 saturated carbocycles. The maximum absolute atomic E-state index is 2.33.